The van der Waals surface area contributed by atoms with Crippen LogP contribution in [0.4, 0.5) is 11.5 Å². The van der Waals surface area contributed by atoms with Gasteiger partial charge in [-0.3, -0.25) is 9.59 Å². The molecule has 0 bridgehead atoms. The molecular weight excluding hydrogens is 422 g/mol. The van der Waals surface area contributed by atoms with Crippen molar-refractivity contribution in [2.45, 2.75) is 13.8 Å². The Bertz CT molecular complexity index is 1080. The molecule has 11 heteroatoms. The van der Waals surface area contributed by atoms with E-state index in [-0.39, 0.29) is 35.6 Å². The van der Waals surface area contributed by atoms with Crippen molar-refractivity contribution in [1.29, 1.82) is 0 Å². The number of hydrogen-bond acceptors (Lipinski definition) is 8. The number of anilines is 2. The molecule has 0 radical (unpaired) electrons. The zero-order valence-electron chi connectivity index (χ0n) is 17.0. The highest BCUT2D eigenvalue weighted by Gasteiger charge is 2.12. The van der Waals surface area contributed by atoms with Gasteiger partial charge in [0.2, 0.25) is 11.8 Å². The van der Waals surface area contributed by atoms with Crippen LogP contribution in [0.5, 0.6) is 0 Å². The second-order valence-corrected chi connectivity index (χ2v) is 7.31. The minimum atomic E-state index is -0.495. The van der Waals surface area contributed by atoms with Crippen molar-refractivity contribution >= 4 is 41.1 Å². The SMILES string of the molecule is CCOC(=O)c1ccn(-c2cccc(NC(=O)CSCC(=O)Nc3cc(C)on3)c2)n1. The van der Waals surface area contributed by atoms with Crippen LogP contribution in [0.3, 0.4) is 0 Å². The smallest absolute Gasteiger partial charge is 0.358 e. The first kappa shape index (κ1) is 22.1. The van der Waals surface area contributed by atoms with Crippen LogP contribution in [0.15, 0.2) is 47.1 Å². The predicted molar refractivity (Wildman–Crippen MR) is 115 cm³/mol. The molecule has 1 aromatic carbocycles. The summed E-state index contributed by atoms with van der Waals surface area (Å²) in [5, 5.41) is 13.2. The fraction of sp³-hybridized carbons (Fsp3) is 0.250. The van der Waals surface area contributed by atoms with Gasteiger partial charge in [0.15, 0.2) is 11.5 Å². The third-order valence-corrected chi connectivity index (χ3v) is 4.76. The first-order valence-electron chi connectivity index (χ1n) is 9.38. The monoisotopic (exact) mass is 443 g/mol. The predicted octanol–water partition coefficient (Wildman–Crippen LogP) is 2.66. The summed E-state index contributed by atoms with van der Waals surface area (Å²) in [6.07, 6.45) is 1.64. The maximum atomic E-state index is 12.2. The summed E-state index contributed by atoms with van der Waals surface area (Å²) in [5.74, 6) is 0.119. The molecule has 2 N–H and O–H groups in total. The zero-order chi connectivity index (χ0) is 22.2. The molecule has 10 nitrogen and oxygen atoms in total. The number of amides is 2. The molecule has 0 unspecified atom stereocenters. The zero-order valence-corrected chi connectivity index (χ0v) is 17.8. The highest BCUT2D eigenvalue weighted by atomic mass is 32.2. The first-order valence-corrected chi connectivity index (χ1v) is 10.5. The van der Waals surface area contributed by atoms with Gasteiger partial charge in [0.05, 0.1) is 23.8 Å². The lowest BCUT2D eigenvalue weighted by Crippen LogP contribution is -2.18. The molecule has 0 aliphatic rings. The molecule has 2 aromatic heterocycles. The topological polar surface area (TPSA) is 128 Å². The minimum absolute atomic E-state index is 0.100. The molecule has 0 saturated carbocycles. The van der Waals surface area contributed by atoms with E-state index in [1.165, 1.54) is 16.4 Å². The van der Waals surface area contributed by atoms with E-state index >= 15 is 0 Å². The Morgan fingerprint density at radius 3 is 2.61 bits per heavy atom. The number of benzene rings is 1. The average Bonchev–Trinajstić information content (AvgIpc) is 3.38. The molecule has 162 valence electrons. The van der Waals surface area contributed by atoms with Crippen LogP contribution in [0.2, 0.25) is 0 Å². The van der Waals surface area contributed by atoms with Crippen LogP contribution < -0.4 is 10.6 Å². The van der Waals surface area contributed by atoms with Crippen LogP contribution in [0, 0.1) is 6.92 Å². The van der Waals surface area contributed by atoms with Crippen molar-refractivity contribution in [2.24, 2.45) is 0 Å². The van der Waals surface area contributed by atoms with Crippen molar-refractivity contribution in [3.8, 4) is 5.69 Å². The van der Waals surface area contributed by atoms with Gasteiger partial charge in [-0.15, -0.1) is 11.8 Å². The minimum Gasteiger partial charge on any atom is -0.461 e. The summed E-state index contributed by atoms with van der Waals surface area (Å²) >= 11 is 1.18. The lowest BCUT2D eigenvalue weighted by atomic mass is 10.3. The normalized spacial score (nSPS) is 10.5. The number of aryl methyl sites for hydroxylation is 1. The van der Waals surface area contributed by atoms with Crippen LogP contribution in [-0.2, 0) is 14.3 Å². The van der Waals surface area contributed by atoms with Crippen molar-refractivity contribution in [1.82, 2.24) is 14.9 Å². The molecule has 2 amide bonds. The molecule has 0 aliphatic heterocycles. The van der Waals surface area contributed by atoms with Crippen molar-refractivity contribution in [3.05, 3.63) is 54.0 Å². The molecule has 0 saturated heterocycles. The summed E-state index contributed by atoms with van der Waals surface area (Å²) in [4.78, 5) is 35.8. The van der Waals surface area contributed by atoms with Gasteiger partial charge in [0, 0.05) is 18.0 Å². The molecule has 0 fully saturated rings. The number of ether oxygens (including phenoxy) is 1. The molecule has 31 heavy (non-hydrogen) atoms. The van der Waals surface area contributed by atoms with Gasteiger partial charge in [-0.2, -0.15) is 5.10 Å². The van der Waals surface area contributed by atoms with E-state index in [9.17, 15) is 14.4 Å². The van der Waals surface area contributed by atoms with E-state index in [4.69, 9.17) is 9.26 Å². The second-order valence-electron chi connectivity index (χ2n) is 6.33. The average molecular weight is 443 g/mol. The Morgan fingerprint density at radius 1 is 1.13 bits per heavy atom. The number of carbonyl (C=O) groups is 3. The lowest BCUT2D eigenvalue weighted by molar-refractivity contribution is -0.114. The standard InChI is InChI=1S/C20H21N5O5S/c1-3-29-20(28)16-7-8-25(23-16)15-6-4-5-14(10-15)21-18(26)11-31-12-19(27)22-17-9-13(2)30-24-17/h4-10H,3,11-12H2,1-2H3,(H,21,26)(H,22,24,27). The third kappa shape index (κ3) is 6.44. The molecular formula is C20H21N5O5S. The third-order valence-electron chi connectivity index (χ3n) is 3.83. The van der Waals surface area contributed by atoms with Crippen LogP contribution in [0.25, 0.3) is 5.69 Å². The Labute approximate surface area is 182 Å². The molecule has 3 aromatic rings. The van der Waals surface area contributed by atoms with Crippen molar-refractivity contribution < 1.29 is 23.6 Å². The second kappa shape index (κ2) is 10.4. The van der Waals surface area contributed by atoms with Gasteiger partial charge in [-0.1, -0.05) is 11.2 Å². The van der Waals surface area contributed by atoms with Crippen molar-refractivity contribution in [2.75, 3.05) is 28.7 Å². The van der Waals surface area contributed by atoms with E-state index in [1.807, 2.05) is 0 Å². The van der Waals surface area contributed by atoms with Gasteiger partial charge in [-0.25, -0.2) is 9.48 Å². The number of aromatic nitrogens is 3. The number of nitrogens with zero attached hydrogens (tertiary/aromatic N) is 3. The Kier molecular flexibility index (Phi) is 7.44. The van der Waals surface area contributed by atoms with Crippen molar-refractivity contribution in [3.63, 3.8) is 0 Å². The summed E-state index contributed by atoms with van der Waals surface area (Å²) < 4.78 is 11.3. The largest absolute Gasteiger partial charge is 0.461 e. The number of thioether (sulfide) groups is 1. The van der Waals surface area contributed by atoms with Gasteiger partial charge >= 0.3 is 5.97 Å². The first-order chi connectivity index (χ1) is 14.9. The lowest BCUT2D eigenvalue weighted by Gasteiger charge is -2.08. The summed E-state index contributed by atoms with van der Waals surface area (Å²) in [6.45, 7) is 3.72. The number of rotatable bonds is 9. The maximum absolute atomic E-state index is 12.2. The fourth-order valence-electron chi connectivity index (χ4n) is 2.55. The number of esters is 1. The number of hydrogen-bond donors (Lipinski definition) is 2. The molecule has 0 spiro atoms. The summed E-state index contributed by atoms with van der Waals surface area (Å²) in [5.41, 5.74) is 1.44. The van der Waals surface area contributed by atoms with Gasteiger partial charge in [0.25, 0.3) is 0 Å². The summed E-state index contributed by atoms with van der Waals surface area (Å²) in [6, 6.07) is 10.2. The Morgan fingerprint density at radius 2 is 1.90 bits per heavy atom. The van der Waals surface area contributed by atoms with Gasteiger partial charge in [-0.05, 0) is 38.1 Å². The van der Waals surface area contributed by atoms with E-state index < -0.39 is 5.97 Å². The Balaban J connectivity index is 1.49. The van der Waals surface area contributed by atoms with E-state index in [0.29, 0.717) is 23.0 Å². The van der Waals surface area contributed by atoms with E-state index in [1.54, 1.807) is 56.4 Å². The number of nitrogens with one attached hydrogen (secondary N) is 2. The van der Waals surface area contributed by atoms with Crippen LogP contribution in [0.1, 0.15) is 23.2 Å². The molecule has 0 aliphatic carbocycles. The van der Waals surface area contributed by atoms with Crippen LogP contribution >= 0.6 is 11.8 Å². The van der Waals surface area contributed by atoms with E-state index in [0.717, 1.165) is 0 Å². The molecule has 2 heterocycles. The highest BCUT2D eigenvalue weighted by Crippen LogP contribution is 2.16. The fourth-order valence-corrected chi connectivity index (χ4v) is 3.16. The number of carbonyl (C=O) groups excluding carboxylic acids is 3. The van der Waals surface area contributed by atoms with E-state index in [2.05, 4.69) is 20.9 Å². The maximum Gasteiger partial charge on any atom is 0.358 e. The van der Waals surface area contributed by atoms with Crippen LogP contribution in [-0.4, -0.2) is 50.8 Å². The van der Waals surface area contributed by atoms with Gasteiger partial charge in [0.1, 0.15) is 5.76 Å². The molecule has 0 atom stereocenters. The quantitative estimate of drug-likeness (QED) is 0.483. The molecule has 3 rings (SSSR count). The Hall–Kier alpha value is -3.60. The summed E-state index contributed by atoms with van der Waals surface area (Å²) in [7, 11) is 0. The van der Waals surface area contributed by atoms with Gasteiger partial charge < -0.3 is 19.9 Å². The highest BCUT2D eigenvalue weighted by molar-refractivity contribution is 8.00.